The number of nitrogens with zero attached hydrogens (tertiary/aromatic N) is 2. The summed E-state index contributed by atoms with van der Waals surface area (Å²) in [4.78, 5) is 31.8. The fourth-order valence-corrected chi connectivity index (χ4v) is 3.13. The molecule has 0 aliphatic carbocycles. The van der Waals surface area contributed by atoms with Gasteiger partial charge in [-0.15, -0.1) is 0 Å². The predicted octanol–water partition coefficient (Wildman–Crippen LogP) is 0.734. The Morgan fingerprint density at radius 1 is 1.35 bits per heavy atom. The normalized spacial score (nSPS) is 23.1. The van der Waals surface area contributed by atoms with Crippen LogP contribution in [0.2, 0.25) is 0 Å². The van der Waals surface area contributed by atoms with Gasteiger partial charge in [0, 0.05) is 18.7 Å². The number of carbonyl (C=O) groups excluding carboxylic acids is 2. The van der Waals surface area contributed by atoms with E-state index in [1.807, 2.05) is 23.1 Å². The minimum absolute atomic E-state index is 0.196. The van der Waals surface area contributed by atoms with E-state index in [-0.39, 0.29) is 6.61 Å². The molecule has 0 bridgehead atoms. The summed E-state index contributed by atoms with van der Waals surface area (Å²) in [5.74, 6) is -1.04. The Morgan fingerprint density at radius 3 is 2.77 bits per heavy atom. The number of rotatable bonds is 4. The van der Waals surface area contributed by atoms with Crippen LogP contribution in [0, 0.1) is 5.92 Å². The number of guanidine groups is 1. The molecule has 3 rings (SSSR count). The number of para-hydroxylation sites is 1. The van der Waals surface area contributed by atoms with E-state index in [9.17, 15) is 9.59 Å². The summed E-state index contributed by atoms with van der Waals surface area (Å²) in [6.07, 6.45) is 0. The number of hydrogen-bond donors (Lipinski definition) is 1. The van der Waals surface area contributed by atoms with Crippen molar-refractivity contribution in [3.05, 3.63) is 29.8 Å². The predicted molar refractivity (Wildman–Crippen MR) is 93.8 cm³/mol. The van der Waals surface area contributed by atoms with Crippen LogP contribution in [0.25, 0.3) is 0 Å². The van der Waals surface area contributed by atoms with Gasteiger partial charge in [-0.2, -0.15) is 0 Å². The first-order valence-electron chi connectivity index (χ1n) is 8.66. The first-order chi connectivity index (χ1) is 12.7. The number of nitrogens with one attached hydrogen (secondary N) is 1. The second-order valence-corrected chi connectivity index (χ2v) is 5.96. The molecule has 140 valence electrons. The van der Waals surface area contributed by atoms with Crippen LogP contribution in [-0.2, 0) is 19.1 Å². The molecule has 2 heterocycles. The molecule has 0 radical (unpaired) electrons. The van der Waals surface area contributed by atoms with Crippen LogP contribution in [0.5, 0.6) is 5.75 Å². The average Bonchev–Trinajstić information content (AvgIpc) is 2.68. The molecule has 8 nitrogen and oxygen atoms in total. The van der Waals surface area contributed by atoms with Crippen LogP contribution >= 0.6 is 0 Å². The molecule has 2 unspecified atom stereocenters. The van der Waals surface area contributed by atoms with Crippen molar-refractivity contribution in [1.82, 2.24) is 10.2 Å². The molecule has 2 atom stereocenters. The van der Waals surface area contributed by atoms with Crippen molar-refractivity contribution in [3.8, 4) is 5.75 Å². The zero-order valence-electron chi connectivity index (χ0n) is 14.9. The van der Waals surface area contributed by atoms with Crippen molar-refractivity contribution < 1.29 is 23.8 Å². The summed E-state index contributed by atoms with van der Waals surface area (Å²) < 4.78 is 15.9. The third-order valence-electron chi connectivity index (χ3n) is 4.40. The molecule has 1 saturated heterocycles. The lowest BCUT2D eigenvalue weighted by Gasteiger charge is -2.35. The molecule has 26 heavy (non-hydrogen) atoms. The van der Waals surface area contributed by atoms with Crippen molar-refractivity contribution in [1.29, 1.82) is 0 Å². The highest BCUT2D eigenvalue weighted by Crippen LogP contribution is 2.36. The van der Waals surface area contributed by atoms with Gasteiger partial charge in [0.05, 0.1) is 26.9 Å². The maximum Gasteiger partial charge on any atom is 0.321 e. The zero-order chi connectivity index (χ0) is 18.5. The van der Waals surface area contributed by atoms with Gasteiger partial charge in [-0.1, -0.05) is 18.2 Å². The minimum Gasteiger partial charge on any atom is -0.496 e. The summed E-state index contributed by atoms with van der Waals surface area (Å²) in [6.45, 7) is 4.29. The first-order valence-corrected chi connectivity index (χ1v) is 8.66. The summed E-state index contributed by atoms with van der Waals surface area (Å²) in [5.41, 5.74) is 0.675. The Labute approximate surface area is 152 Å². The van der Waals surface area contributed by atoms with E-state index < -0.39 is 23.8 Å². The van der Waals surface area contributed by atoms with Crippen LogP contribution in [0.3, 0.4) is 0 Å². The number of ether oxygens (including phenoxy) is 3. The quantitative estimate of drug-likeness (QED) is 0.628. The smallest absolute Gasteiger partial charge is 0.321 e. The van der Waals surface area contributed by atoms with Crippen LogP contribution < -0.4 is 10.1 Å². The maximum atomic E-state index is 12.8. The Hall–Kier alpha value is -2.61. The van der Waals surface area contributed by atoms with Gasteiger partial charge in [-0.05, 0) is 13.0 Å². The van der Waals surface area contributed by atoms with Crippen molar-refractivity contribution >= 4 is 17.8 Å². The Bertz CT molecular complexity index is 700. The fraction of sp³-hybridized carbons (Fsp3) is 0.500. The summed E-state index contributed by atoms with van der Waals surface area (Å²) in [5, 5.41) is 2.75. The standard InChI is InChI=1S/C18H23N3O5/c1-3-26-17(23)14-15(12-6-4-5-7-13(12)24-2)19-18(20-16(14)22)21-8-10-25-11-9-21/h4-7,14-15H,3,8-11H2,1-2H3,(H,19,20,22). The molecular formula is C18H23N3O5. The minimum atomic E-state index is -1.06. The second-order valence-electron chi connectivity index (χ2n) is 5.96. The Kier molecular flexibility index (Phi) is 5.72. The van der Waals surface area contributed by atoms with Gasteiger partial charge in [0.1, 0.15) is 11.8 Å². The van der Waals surface area contributed by atoms with Crippen LogP contribution in [0.15, 0.2) is 29.3 Å². The maximum absolute atomic E-state index is 12.8. The van der Waals surface area contributed by atoms with Crippen LogP contribution in [-0.4, -0.2) is 62.8 Å². The molecule has 0 spiro atoms. The lowest BCUT2D eigenvalue weighted by Crippen LogP contribution is -2.55. The average molecular weight is 361 g/mol. The monoisotopic (exact) mass is 361 g/mol. The molecule has 0 aromatic heterocycles. The molecule has 8 heteroatoms. The molecule has 2 aliphatic heterocycles. The van der Waals surface area contributed by atoms with Crippen molar-refractivity contribution in [3.63, 3.8) is 0 Å². The number of esters is 1. The highest BCUT2D eigenvalue weighted by Gasteiger charge is 2.43. The molecule has 1 aromatic rings. The Balaban J connectivity index is 2.01. The lowest BCUT2D eigenvalue weighted by atomic mass is 9.90. The van der Waals surface area contributed by atoms with Gasteiger partial charge in [0.2, 0.25) is 11.9 Å². The van der Waals surface area contributed by atoms with Gasteiger partial charge in [-0.3, -0.25) is 14.9 Å². The number of aliphatic imine (C=N–C) groups is 1. The van der Waals surface area contributed by atoms with Crippen molar-refractivity contribution in [2.24, 2.45) is 10.9 Å². The second kappa shape index (κ2) is 8.18. The molecule has 1 fully saturated rings. The molecule has 2 aliphatic rings. The third-order valence-corrected chi connectivity index (χ3v) is 4.40. The Morgan fingerprint density at radius 2 is 2.08 bits per heavy atom. The van der Waals surface area contributed by atoms with E-state index in [1.165, 1.54) is 0 Å². The van der Waals surface area contributed by atoms with E-state index in [0.717, 1.165) is 0 Å². The number of morpholine rings is 1. The van der Waals surface area contributed by atoms with E-state index in [2.05, 4.69) is 5.32 Å². The van der Waals surface area contributed by atoms with Gasteiger partial charge in [0.25, 0.3) is 0 Å². The zero-order valence-corrected chi connectivity index (χ0v) is 14.9. The first kappa shape index (κ1) is 18.2. The van der Waals surface area contributed by atoms with E-state index in [1.54, 1.807) is 20.1 Å². The van der Waals surface area contributed by atoms with Gasteiger partial charge in [0.15, 0.2) is 5.92 Å². The van der Waals surface area contributed by atoms with Crippen LogP contribution in [0.4, 0.5) is 0 Å². The molecule has 1 N–H and O–H groups in total. The molecule has 1 amide bonds. The van der Waals surface area contributed by atoms with E-state index >= 15 is 0 Å². The number of amides is 1. The summed E-state index contributed by atoms with van der Waals surface area (Å²) >= 11 is 0. The fourth-order valence-electron chi connectivity index (χ4n) is 3.13. The highest BCUT2D eigenvalue weighted by molar-refractivity contribution is 6.08. The van der Waals surface area contributed by atoms with Gasteiger partial charge >= 0.3 is 5.97 Å². The van der Waals surface area contributed by atoms with E-state index in [4.69, 9.17) is 19.2 Å². The topological polar surface area (TPSA) is 89.5 Å². The number of hydrogen-bond acceptors (Lipinski definition) is 7. The number of carbonyl (C=O) groups is 2. The van der Waals surface area contributed by atoms with Crippen LogP contribution in [0.1, 0.15) is 18.5 Å². The largest absolute Gasteiger partial charge is 0.496 e. The summed E-state index contributed by atoms with van der Waals surface area (Å²) in [7, 11) is 1.55. The van der Waals surface area contributed by atoms with E-state index in [0.29, 0.717) is 43.6 Å². The summed E-state index contributed by atoms with van der Waals surface area (Å²) in [6, 6.07) is 6.55. The van der Waals surface area contributed by atoms with Crippen molar-refractivity contribution in [2.45, 2.75) is 13.0 Å². The molecular weight excluding hydrogens is 338 g/mol. The number of methoxy groups -OCH3 is 1. The van der Waals surface area contributed by atoms with Gasteiger partial charge < -0.3 is 19.1 Å². The molecule has 0 saturated carbocycles. The highest BCUT2D eigenvalue weighted by atomic mass is 16.5. The number of benzene rings is 1. The van der Waals surface area contributed by atoms with Crippen molar-refractivity contribution in [2.75, 3.05) is 40.0 Å². The van der Waals surface area contributed by atoms with Gasteiger partial charge in [-0.25, -0.2) is 4.99 Å². The molecule has 1 aromatic carbocycles. The SMILES string of the molecule is CCOC(=O)C1C(=O)NC(N2CCOCC2)=NC1c1ccccc1OC. The lowest BCUT2D eigenvalue weighted by molar-refractivity contribution is -0.153. The third kappa shape index (κ3) is 3.65.